The maximum atomic E-state index is 11.8. The fourth-order valence-corrected chi connectivity index (χ4v) is 2.55. The molecular formula is C12H20N2O2. The third-order valence-electron chi connectivity index (χ3n) is 3.28. The largest absolute Gasteiger partial charge is 0.465 e. The first-order valence-electron chi connectivity index (χ1n) is 6.20. The van der Waals surface area contributed by atoms with Crippen LogP contribution in [0.1, 0.15) is 39.5 Å². The average Bonchev–Trinajstić information content (AvgIpc) is 2.68. The van der Waals surface area contributed by atoms with E-state index in [0.717, 1.165) is 19.4 Å². The van der Waals surface area contributed by atoms with Gasteiger partial charge in [0.2, 0.25) is 0 Å². The van der Waals surface area contributed by atoms with Crippen molar-refractivity contribution in [3.8, 4) is 0 Å². The van der Waals surface area contributed by atoms with Gasteiger partial charge in [0.05, 0.1) is 6.61 Å². The Bertz CT molecular complexity index is 312. The van der Waals surface area contributed by atoms with Crippen LogP contribution in [0.15, 0.2) is 11.3 Å². The molecule has 0 radical (unpaired) electrons. The van der Waals surface area contributed by atoms with Crippen LogP contribution in [0, 0.1) is 0 Å². The summed E-state index contributed by atoms with van der Waals surface area (Å²) >= 11 is 0. The van der Waals surface area contributed by atoms with Crippen molar-refractivity contribution in [3.63, 3.8) is 0 Å². The molecule has 0 fully saturated rings. The number of carbonyl (C=O) groups excluding carboxylic acids is 1. The van der Waals surface area contributed by atoms with Gasteiger partial charge >= 0.3 is 5.97 Å². The highest BCUT2D eigenvalue weighted by molar-refractivity contribution is 5.80. The Labute approximate surface area is 96.6 Å². The monoisotopic (exact) mass is 224 g/mol. The molecule has 1 N–H and O–H groups in total. The van der Waals surface area contributed by atoms with E-state index in [-0.39, 0.29) is 12.0 Å². The van der Waals surface area contributed by atoms with Gasteiger partial charge in [-0.2, -0.15) is 0 Å². The first-order chi connectivity index (χ1) is 7.77. The lowest BCUT2D eigenvalue weighted by atomic mass is 9.92. The Kier molecular flexibility index (Phi) is 3.49. The van der Waals surface area contributed by atoms with Crippen molar-refractivity contribution in [1.29, 1.82) is 0 Å². The van der Waals surface area contributed by atoms with Crippen LogP contribution >= 0.6 is 0 Å². The number of esters is 1. The summed E-state index contributed by atoms with van der Waals surface area (Å²) in [7, 11) is 0. The number of hydrazine groups is 1. The normalized spacial score (nSPS) is 24.6. The van der Waals surface area contributed by atoms with Crippen molar-refractivity contribution in [1.82, 2.24) is 10.4 Å². The first kappa shape index (κ1) is 11.5. The summed E-state index contributed by atoms with van der Waals surface area (Å²) in [5, 5.41) is 2.11. The molecule has 0 aromatic rings. The first-order valence-corrected chi connectivity index (χ1v) is 6.20. The van der Waals surface area contributed by atoms with Crippen molar-refractivity contribution in [2.45, 2.75) is 45.6 Å². The minimum absolute atomic E-state index is 0.132. The number of hydrogen-bond acceptors (Lipinski definition) is 4. The molecular weight excluding hydrogens is 204 g/mol. The highest BCUT2D eigenvalue weighted by Gasteiger charge is 2.36. The van der Waals surface area contributed by atoms with E-state index in [9.17, 15) is 4.79 Å². The molecule has 0 amide bonds. The molecule has 1 unspecified atom stereocenters. The molecule has 1 atom stereocenters. The van der Waals surface area contributed by atoms with E-state index in [2.05, 4.69) is 17.4 Å². The number of nitrogens with one attached hydrogen (secondary N) is 1. The maximum absolute atomic E-state index is 11.8. The molecule has 1 aliphatic carbocycles. The number of allylic oxidation sites excluding steroid dienone is 1. The van der Waals surface area contributed by atoms with Crippen LogP contribution in [0.2, 0.25) is 0 Å². The van der Waals surface area contributed by atoms with Crippen molar-refractivity contribution in [2.24, 2.45) is 0 Å². The summed E-state index contributed by atoms with van der Waals surface area (Å²) in [6.07, 6.45) is 4.54. The molecule has 0 aromatic heterocycles. The van der Waals surface area contributed by atoms with Gasteiger partial charge in [0.15, 0.2) is 0 Å². The molecule has 16 heavy (non-hydrogen) atoms. The smallest absolute Gasteiger partial charge is 0.329 e. The number of ether oxygens (including phenoxy) is 1. The highest BCUT2D eigenvalue weighted by atomic mass is 16.5. The van der Waals surface area contributed by atoms with Crippen molar-refractivity contribution >= 4 is 5.97 Å². The van der Waals surface area contributed by atoms with E-state index in [0.29, 0.717) is 6.61 Å². The van der Waals surface area contributed by atoms with Gasteiger partial charge in [0.25, 0.3) is 0 Å². The second kappa shape index (κ2) is 4.87. The quantitative estimate of drug-likeness (QED) is 0.739. The Morgan fingerprint density at radius 1 is 1.44 bits per heavy atom. The van der Waals surface area contributed by atoms with Gasteiger partial charge in [-0.05, 0) is 45.1 Å². The molecule has 90 valence electrons. The predicted octanol–water partition coefficient (Wildman–Crippen LogP) is 1.59. The number of nitrogens with zero attached hydrogens (tertiary/aromatic N) is 1. The molecule has 1 aliphatic heterocycles. The molecule has 0 spiro atoms. The Morgan fingerprint density at radius 3 is 2.88 bits per heavy atom. The van der Waals surface area contributed by atoms with Crippen molar-refractivity contribution in [3.05, 3.63) is 11.3 Å². The van der Waals surface area contributed by atoms with Crippen LogP contribution in [0.5, 0.6) is 0 Å². The second-order valence-electron chi connectivity index (χ2n) is 4.24. The van der Waals surface area contributed by atoms with E-state index in [1.54, 1.807) is 0 Å². The second-order valence-corrected chi connectivity index (χ2v) is 4.24. The third-order valence-corrected chi connectivity index (χ3v) is 3.28. The lowest BCUT2D eigenvalue weighted by molar-refractivity contribution is -0.145. The number of carbonyl (C=O) groups is 1. The Hall–Kier alpha value is -1.03. The molecule has 4 heteroatoms. The van der Waals surface area contributed by atoms with Crippen molar-refractivity contribution < 1.29 is 9.53 Å². The number of rotatable bonds is 3. The molecule has 0 saturated heterocycles. The van der Waals surface area contributed by atoms with Crippen molar-refractivity contribution in [2.75, 3.05) is 13.2 Å². The van der Waals surface area contributed by atoms with Gasteiger partial charge in [-0.3, -0.25) is 0 Å². The van der Waals surface area contributed by atoms with Crippen LogP contribution in [0.25, 0.3) is 0 Å². The fourth-order valence-electron chi connectivity index (χ4n) is 2.55. The summed E-state index contributed by atoms with van der Waals surface area (Å²) in [5.74, 6) is -0.132. The maximum Gasteiger partial charge on any atom is 0.329 e. The summed E-state index contributed by atoms with van der Waals surface area (Å²) in [5.41, 5.74) is 5.83. The minimum Gasteiger partial charge on any atom is -0.465 e. The third kappa shape index (κ3) is 1.94. The zero-order chi connectivity index (χ0) is 11.5. The predicted molar refractivity (Wildman–Crippen MR) is 61.4 cm³/mol. The molecule has 0 aromatic carbocycles. The Morgan fingerprint density at radius 2 is 2.19 bits per heavy atom. The van der Waals surface area contributed by atoms with E-state index >= 15 is 0 Å². The summed E-state index contributed by atoms with van der Waals surface area (Å²) in [6.45, 7) is 5.29. The van der Waals surface area contributed by atoms with Gasteiger partial charge in [-0.1, -0.05) is 0 Å². The molecule has 1 heterocycles. The minimum atomic E-state index is -0.227. The molecule has 0 bridgehead atoms. The zero-order valence-corrected chi connectivity index (χ0v) is 10.1. The SMILES string of the molecule is CCOC(=O)C1NN(CC)C2=C1CCCC2. The highest BCUT2D eigenvalue weighted by Crippen LogP contribution is 2.33. The van der Waals surface area contributed by atoms with Crippen LogP contribution in [-0.4, -0.2) is 30.2 Å². The van der Waals surface area contributed by atoms with Crippen LogP contribution in [0.4, 0.5) is 0 Å². The van der Waals surface area contributed by atoms with E-state index in [1.807, 2.05) is 6.92 Å². The molecule has 0 saturated carbocycles. The molecule has 2 aliphatic rings. The summed E-state index contributed by atoms with van der Waals surface area (Å²) in [6, 6.07) is -0.227. The van der Waals surface area contributed by atoms with E-state index in [1.165, 1.54) is 24.1 Å². The topological polar surface area (TPSA) is 41.6 Å². The van der Waals surface area contributed by atoms with Crippen LogP contribution in [0.3, 0.4) is 0 Å². The summed E-state index contributed by atoms with van der Waals surface area (Å²) < 4.78 is 5.11. The van der Waals surface area contributed by atoms with Gasteiger partial charge < -0.3 is 9.75 Å². The van der Waals surface area contributed by atoms with E-state index < -0.39 is 0 Å². The van der Waals surface area contributed by atoms with E-state index in [4.69, 9.17) is 4.74 Å². The van der Waals surface area contributed by atoms with Gasteiger partial charge in [0.1, 0.15) is 6.04 Å². The zero-order valence-electron chi connectivity index (χ0n) is 10.1. The Balaban J connectivity index is 2.16. The van der Waals surface area contributed by atoms with Gasteiger partial charge in [0, 0.05) is 12.2 Å². The summed E-state index contributed by atoms with van der Waals surface area (Å²) in [4.78, 5) is 11.8. The average molecular weight is 224 g/mol. The van der Waals surface area contributed by atoms with Gasteiger partial charge in [-0.15, -0.1) is 0 Å². The lowest BCUT2D eigenvalue weighted by Crippen LogP contribution is -2.42. The fraction of sp³-hybridized carbons (Fsp3) is 0.750. The van der Waals surface area contributed by atoms with Crippen LogP contribution < -0.4 is 5.43 Å². The van der Waals surface area contributed by atoms with Crippen LogP contribution in [-0.2, 0) is 9.53 Å². The standard InChI is InChI=1S/C12H20N2O2/c1-3-14-10-8-6-5-7-9(10)11(13-14)12(15)16-4-2/h11,13H,3-8H2,1-2H3. The number of hydrogen-bond donors (Lipinski definition) is 1. The molecule has 2 rings (SSSR count). The lowest BCUT2D eigenvalue weighted by Gasteiger charge is -2.22. The molecule has 4 nitrogen and oxygen atoms in total. The van der Waals surface area contributed by atoms with Gasteiger partial charge in [-0.25, -0.2) is 10.2 Å².